The first-order valence-electron chi connectivity index (χ1n) is 7.62. The summed E-state index contributed by atoms with van der Waals surface area (Å²) in [7, 11) is 1.53. The lowest BCUT2D eigenvalue weighted by molar-refractivity contribution is 0.102. The van der Waals surface area contributed by atoms with Gasteiger partial charge >= 0.3 is 0 Å². The standard InChI is InChI=1S/C18H17N3O4/c1-12-19-17(25-21-12)11-24-14-9-7-13(8-10-14)20-18(22)15-5-3-4-6-16(15)23-2/h3-10H,11H2,1-2H3,(H,20,22). The van der Waals surface area contributed by atoms with Gasteiger partial charge in [0.05, 0.1) is 12.7 Å². The predicted molar refractivity (Wildman–Crippen MR) is 90.8 cm³/mol. The summed E-state index contributed by atoms with van der Waals surface area (Å²) in [6.45, 7) is 1.93. The normalized spacial score (nSPS) is 10.3. The van der Waals surface area contributed by atoms with Crippen LogP contribution in [0.4, 0.5) is 5.69 Å². The molecule has 0 aliphatic carbocycles. The Morgan fingerprint density at radius 3 is 2.60 bits per heavy atom. The van der Waals surface area contributed by atoms with Crippen LogP contribution in [0.5, 0.6) is 11.5 Å². The number of carbonyl (C=O) groups is 1. The number of amides is 1. The zero-order valence-electron chi connectivity index (χ0n) is 13.9. The highest BCUT2D eigenvalue weighted by molar-refractivity contribution is 6.06. The second-order valence-electron chi connectivity index (χ2n) is 5.20. The fraction of sp³-hybridized carbons (Fsp3) is 0.167. The highest BCUT2D eigenvalue weighted by atomic mass is 16.5. The average Bonchev–Trinajstić information content (AvgIpc) is 3.06. The van der Waals surface area contributed by atoms with E-state index in [0.717, 1.165) is 0 Å². The maximum atomic E-state index is 12.3. The van der Waals surface area contributed by atoms with Crippen molar-refractivity contribution in [2.24, 2.45) is 0 Å². The Balaban J connectivity index is 1.61. The van der Waals surface area contributed by atoms with Crippen molar-refractivity contribution < 1.29 is 18.8 Å². The molecule has 0 atom stereocenters. The Hall–Kier alpha value is -3.35. The third kappa shape index (κ3) is 4.14. The van der Waals surface area contributed by atoms with Crippen molar-refractivity contribution >= 4 is 11.6 Å². The number of nitrogens with zero attached hydrogens (tertiary/aromatic N) is 2. The molecule has 0 aliphatic rings. The van der Waals surface area contributed by atoms with Crippen LogP contribution in [-0.2, 0) is 6.61 Å². The molecule has 3 rings (SSSR count). The number of hydrogen-bond acceptors (Lipinski definition) is 6. The molecule has 0 saturated carbocycles. The molecule has 0 unspecified atom stereocenters. The first-order chi connectivity index (χ1) is 12.2. The number of nitrogens with one attached hydrogen (secondary N) is 1. The smallest absolute Gasteiger partial charge is 0.264 e. The van der Waals surface area contributed by atoms with E-state index in [1.165, 1.54) is 7.11 Å². The number of methoxy groups -OCH3 is 1. The quantitative estimate of drug-likeness (QED) is 0.742. The van der Waals surface area contributed by atoms with Gasteiger partial charge in [0.1, 0.15) is 11.5 Å². The number of rotatable bonds is 6. The molecular formula is C18H17N3O4. The Bertz CT molecular complexity index is 859. The molecule has 2 aromatic carbocycles. The summed E-state index contributed by atoms with van der Waals surface area (Å²) in [6, 6.07) is 14.1. The first kappa shape index (κ1) is 16.5. The van der Waals surface area contributed by atoms with E-state index in [2.05, 4.69) is 15.5 Å². The third-order valence-corrected chi connectivity index (χ3v) is 3.40. The SMILES string of the molecule is COc1ccccc1C(=O)Nc1ccc(OCc2nc(C)no2)cc1. The molecule has 1 amide bonds. The van der Waals surface area contributed by atoms with E-state index < -0.39 is 0 Å². The summed E-state index contributed by atoms with van der Waals surface area (Å²) in [4.78, 5) is 16.4. The first-order valence-corrected chi connectivity index (χ1v) is 7.62. The van der Waals surface area contributed by atoms with E-state index in [0.29, 0.717) is 34.5 Å². The van der Waals surface area contributed by atoms with Crippen LogP contribution in [0, 0.1) is 6.92 Å². The number of benzene rings is 2. The van der Waals surface area contributed by atoms with Crippen LogP contribution < -0.4 is 14.8 Å². The molecule has 7 heteroatoms. The van der Waals surface area contributed by atoms with Crippen molar-refractivity contribution in [3.8, 4) is 11.5 Å². The van der Waals surface area contributed by atoms with E-state index in [4.69, 9.17) is 14.0 Å². The number of ether oxygens (including phenoxy) is 2. The highest BCUT2D eigenvalue weighted by Crippen LogP contribution is 2.21. The van der Waals surface area contributed by atoms with Crippen LogP contribution in [0.1, 0.15) is 22.1 Å². The van der Waals surface area contributed by atoms with E-state index in [-0.39, 0.29) is 12.5 Å². The van der Waals surface area contributed by atoms with Gasteiger partial charge in [-0.25, -0.2) is 0 Å². The lowest BCUT2D eigenvalue weighted by Crippen LogP contribution is -2.13. The monoisotopic (exact) mass is 339 g/mol. The maximum absolute atomic E-state index is 12.3. The fourth-order valence-corrected chi connectivity index (χ4v) is 2.21. The molecule has 0 radical (unpaired) electrons. The fourth-order valence-electron chi connectivity index (χ4n) is 2.21. The number of aryl methyl sites for hydroxylation is 1. The molecule has 3 aromatic rings. The van der Waals surface area contributed by atoms with E-state index >= 15 is 0 Å². The Labute approximate surface area is 144 Å². The summed E-state index contributed by atoms with van der Waals surface area (Å²) in [5.41, 5.74) is 1.12. The second kappa shape index (κ2) is 7.48. The number of aromatic nitrogens is 2. The topological polar surface area (TPSA) is 86.5 Å². The van der Waals surface area contributed by atoms with Crippen LogP contribution in [0.25, 0.3) is 0 Å². The molecule has 0 saturated heterocycles. The number of carbonyl (C=O) groups excluding carboxylic acids is 1. The van der Waals surface area contributed by atoms with Gasteiger partial charge in [0, 0.05) is 5.69 Å². The minimum Gasteiger partial charge on any atom is -0.496 e. The van der Waals surface area contributed by atoms with E-state index in [1.54, 1.807) is 49.4 Å². The number of para-hydroxylation sites is 1. The Morgan fingerprint density at radius 2 is 1.92 bits per heavy atom. The number of hydrogen-bond donors (Lipinski definition) is 1. The van der Waals surface area contributed by atoms with Gasteiger partial charge in [0.15, 0.2) is 12.4 Å². The summed E-state index contributed by atoms with van der Waals surface area (Å²) in [5, 5.41) is 6.52. The molecule has 7 nitrogen and oxygen atoms in total. The molecule has 0 bridgehead atoms. The molecule has 1 heterocycles. The molecule has 1 N–H and O–H groups in total. The van der Waals surface area contributed by atoms with Gasteiger partial charge < -0.3 is 19.3 Å². The van der Waals surface area contributed by atoms with Crippen molar-refractivity contribution in [2.45, 2.75) is 13.5 Å². The molecular weight excluding hydrogens is 322 g/mol. The van der Waals surface area contributed by atoms with Crippen LogP contribution in [0.3, 0.4) is 0 Å². The van der Waals surface area contributed by atoms with Gasteiger partial charge in [-0.3, -0.25) is 4.79 Å². The molecule has 128 valence electrons. The number of anilines is 1. The lowest BCUT2D eigenvalue weighted by atomic mass is 10.2. The third-order valence-electron chi connectivity index (χ3n) is 3.40. The van der Waals surface area contributed by atoms with Gasteiger partial charge in [-0.1, -0.05) is 17.3 Å². The lowest BCUT2D eigenvalue weighted by Gasteiger charge is -2.10. The van der Waals surface area contributed by atoms with E-state index in [1.807, 2.05) is 6.07 Å². The van der Waals surface area contributed by atoms with Gasteiger partial charge in [0.25, 0.3) is 11.8 Å². The zero-order chi connectivity index (χ0) is 17.6. The minimum atomic E-state index is -0.243. The molecule has 25 heavy (non-hydrogen) atoms. The Morgan fingerprint density at radius 1 is 1.16 bits per heavy atom. The van der Waals surface area contributed by atoms with Gasteiger partial charge in [-0.2, -0.15) is 4.98 Å². The summed E-state index contributed by atoms with van der Waals surface area (Å²) < 4.78 is 15.7. The largest absolute Gasteiger partial charge is 0.496 e. The van der Waals surface area contributed by atoms with Gasteiger partial charge in [0.2, 0.25) is 0 Å². The molecule has 0 fully saturated rings. The van der Waals surface area contributed by atoms with Crippen LogP contribution in [-0.4, -0.2) is 23.2 Å². The van der Waals surface area contributed by atoms with Crippen molar-refractivity contribution in [1.82, 2.24) is 10.1 Å². The molecule has 0 aliphatic heterocycles. The van der Waals surface area contributed by atoms with Crippen molar-refractivity contribution in [3.63, 3.8) is 0 Å². The Kier molecular flexibility index (Phi) is 4.94. The predicted octanol–water partition coefficient (Wildman–Crippen LogP) is 3.22. The van der Waals surface area contributed by atoms with Crippen molar-refractivity contribution in [2.75, 3.05) is 12.4 Å². The van der Waals surface area contributed by atoms with Gasteiger partial charge in [-0.05, 0) is 43.3 Å². The summed E-state index contributed by atoms with van der Waals surface area (Å²) >= 11 is 0. The van der Waals surface area contributed by atoms with Crippen LogP contribution in [0.2, 0.25) is 0 Å². The van der Waals surface area contributed by atoms with Crippen molar-refractivity contribution in [3.05, 3.63) is 65.8 Å². The zero-order valence-corrected chi connectivity index (χ0v) is 13.9. The maximum Gasteiger partial charge on any atom is 0.264 e. The van der Waals surface area contributed by atoms with Crippen LogP contribution >= 0.6 is 0 Å². The molecule has 1 aromatic heterocycles. The van der Waals surface area contributed by atoms with Crippen LogP contribution in [0.15, 0.2) is 53.1 Å². The summed E-state index contributed by atoms with van der Waals surface area (Å²) in [6.07, 6.45) is 0. The minimum absolute atomic E-state index is 0.188. The van der Waals surface area contributed by atoms with Gasteiger partial charge in [-0.15, -0.1) is 0 Å². The van der Waals surface area contributed by atoms with E-state index in [9.17, 15) is 4.79 Å². The van der Waals surface area contributed by atoms with Crippen molar-refractivity contribution in [1.29, 1.82) is 0 Å². The molecule has 0 spiro atoms. The highest BCUT2D eigenvalue weighted by Gasteiger charge is 2.11. The second-order valence-corrected chi connectivity index (χ2v) is 5.20. The summed E-state index contributed by atoms with van der Waals surface area (Å²) in [5.74, 6) is 1.88. The average molecular weight is 339 g/mol.